The molecule has 14 heavy (non-hydrogen) atoms. The number of hydrogen-bond acceptors (Lipinski definition) is 0. The minimum Gasteiger partial charge on any atom is -0.369 e. The molecule has 0 aliphatic heterocycles. The van der Waals surface area contributed by atoms with Crippen LogP contribution in [-0.2, 0) is 42.1 Å². The largest absolute Gasteiger partial charge is 2.00 e. The van der Waals surface area contributed by atoms with Gasteiger partial charge in [0.25, 0.3) is 0 Å². The molecule has 0 fully saturated rings. The summed E-state index contributed by atoms with van der Waals surface area (Å²) < 4.78 is 0. The fourth-order valence-electron chi connectivity index (χ4n) is 1.46. The van der Waals surface area contributed by atoms with E-state index in [1.54, 1.807) is 0 Å². The Morgan fingerprint density at radius 3 is 1.86 bits per heavy atom. The van der Waals surface area contributed by atoms with Gasteiger partial charge in [0.05, 0.1) is 0 Å². The molecule has 0 saturated heterocycles. The first-order chi connectivity index (χ1) is 5.37. The monoisotopic (exact) mass is 534 g/mol. The van der Waals surface area contributed by atoms with Crippen LogP contribution >= 0.6 is 0 Å². The Balaban J connectivity index is -0.000000605. The Labute approximate surface area is 120 Å². The predicted octanol–water partition coefficient (Wildman–Crippen LogP) is 3.75. The normalized spacial score (nSPS) is 13.1. The van der Waals surface area contributed by atoms with E-state index in [4.69, 9.17) is 0 Å². The van der Waals surface area contributed by atoms with Gasteiger partial charge in [-0.1, -0.05) is 20.3 Å². The molecule has 0 aromatic rings. The van der Waals surface area contributed by atoms with E-state index < -0.39 is 0 Å². The Hall–Kier alpha value is 1.38. The molecule has 0 aromatic heterocycles. The Morgan fingerprint density at radius 2 is 1.57 bits per heavy atom. The first-order valence-corrected chi connectivity index (χ1v) is 4.70. The second kappa shape index (κ2) is 9.59. The van der Waals surface area contributed by atoms with Gasteiger partial charge in [0.1, 0.15) is 0 Å². The molecule has 0 radical (unpaired) electrons. The van der Waals surface area contributed by atoms with E-state index in [-0.39, 0.29) is 47.5 Å². The maximum Gasteiger partial charge on any atom is 2.00 e. The fraction of sp³-hybridized carbons (Fsp3) is 0.667. The van der Waals surface area contributed by atoms with Crippen molar-refractivity contribution < 1.29 is 42.1 Å². The average molecular weight is 534 g/mol. The number of hydrogen-bond donors (Lipinski definition) is 0. The van der Waals surface area contributed by atoms with Crippen LogP contribution < -0.4 is 0 Å². The van der Waals surface area contributed by atoms with Gasteiger partial charge in [-0.3, -0.25) is 0 Å². The van der Waals surface area contributed by atoms with Crippen LogP contribution in [0.1, 0.15) is 33.1 Å². The van der Waals surface area contributed by atoms with Crippen molar-refractivity contribution in [2.24, 2.45) is 17.3 Å². The molecule has 0 N–H and O–H groups in total. The minimum atomic E-state index is -0.124. The van der Waals surface area contributed by atoms with Crippen LogP contribution in [0.3, 0.4) is 0 Å². The third-order valence-corrected chi connectivity index (χ3v) is 2.06. The zero-order valence-electron chi connectivity index (χ0n) is 9.42. The Kier molecular flexibility index (Phi) is 14.2. The molecule has 0 rings (SSSR count). The van der Waals surface area contributed by atoms with E-state index in [0.717, 1.165) is 19.3 Å². The molecule has 1 unspecified atom stereocenters. The van der Waals surface area contributed by atoms with Crippen molar-refractivity contribution in [3.8, 4) is 0 Å². The summed E-state index contributed by atoms with van der Waals surface area (Å²) in [5.41, 5.74) is -0.124. The van der Waals surface area contributed by atoms with E-state index in [1.807, 2.05) is 0 Å². The van der Waals surface area contributed by atoms with Crippen LogP contribution in [0.25, 0.3) is 0 Å². The third kappa shape index (κ3) is 11.5. The van der Waals surface area contributed by atoms with Gasteiger partial charge in [-0.25, -0.2) is 6.42 Å². The maximum absolute atomic E-state index is 4.10. The topological polar surface area (TPSA) is 0 Å². The molecule has 0 aliphatic rings. The van der Waals surface area contributed by atoms with Gasteiger partial charge >= 0.3 is 42.1 Å². The smallest absolute Gasteiger partial charge is 0.369 e. The maximum atomic E-state index is 4.10. The van der Waals surface area contributed by atoms with Crippen LogP contribution in [0.2, 0.25) is 0 Å². The summed E-state index contributed by atoms with van der Waals surface area (Å²) in [6.45, 7) is 20.4. The van der Waals surface area contributed by atoms with E-state index in [1.165, 1.54) is 0 Å². The molecular weight excluding hydrogens is 512 g/mol. The van der Waals surface area contributed by atoms with Gasteiger partial charge in [0.2, 0.25) is 0 Å². The molecule has 0 amide bonds. The summed E-state index contributed by atoms with van der Waals surface area (Å²) in [6.07, 6.45) is 2.93. The summed E-state index contributed by atoms with van der Waals surface area (Å²) in [6, 6.07) is 0. The molecule has 0 aromatic carbocycles. The molecule has 0 aliphatic carbocycles. The number of rotatable bonds is 5. The van der Waals surface area contributed by atoms with E-state index in [0.29, 0.717) is 11.8 Å². The zero-order chi connectivity index (χ0) is 9.78. The first-order valence-electron chi connectivity index (χ1n) is 4.70. The van der Waals surface area contributed by atoms with E-state index in [9.17, 15) is 0 Å². The van der Waals surface area contributed by atoms with E-state index >= 15 is 0 Å². The standard InChI is InChI=1S/C12H22.2W/c1-7-12(5,6)9-11(4)8-10(2)3;;/h10-11H,1,4-9H2,2-3H3;;/q-4;2*+2. The summed E-state index contributed by atoms with van der Waals surface area (Å²) >= 11 is 0. The Bertz CT molecular complexity index is 119. The van der Waals surface area contributed by atoms with Gasteiger partial charge in [0, 0.05) is 0 Å². The molecule has 0 bridgehead atoms. The summed E-state index contributed by atoms with van der Waals surface area (Å²) in [5.74, 6) is 1.19. The van der Waals surface area contributed by atoms with Crippen molar-refractivity contribution in [3.05, 3.63) is 27.7 Å². The van der Waals surface area contributed by atoms with Gasteiger partial charge in [-0.05, 0) is 5.92 Å². The fourth-order valence-corrected chi connectivity index (χ4v) is 1.46. The van der Waals surface area contributed by atoms with Crippen LogP contribution in [0.5, 0.6) is 0 Å². The zero-order valence-corrected chi connectivity index (χ0v) is 15.3. The van der Waals surface area contributed by atoms with Crippen LogP contribution in [0, 0.1) is 44.9 Å². The van der Waals surface area contributed by atoms with Crippen molar-refractivity contribution in [2.75, 3.05) is 0 Å². The molecular formula is C12H22W2. The second-order valence-corrected chi connectivity index (χ2v) is 4.45. The SMILES string of the molecule is [CH2-]CC([CH2-])([CH2-])CC([CH2-])CC(C)C.[W+2].[W+2]. The van der Waals surface area contributed by atoms with Crippen molar-refractivity contribution in [2.45, 2.75) is 33.1 Å². The van der Waals surface area contributed by atoms with Crippen molar-refractivity contribution >= 4 is 0 Å². The summed E-state index contributed by atoms with van der Waals surface area (Å²) in [4.78, 5) is 0. The summed E-state index contributed by atoms with van der Waals surface area (Å²) in [7, 11) is 0. The second-order valence-electron chi connectivity index (χ2n) is 4.45. The third-order valence-electron chi connectivity index (χ3n) is 2.06. The minimum absolute atomic E-state index is 0. The first kappa shape index (κ1) is 20.7. The van der Waals surface area contributed by atoms with Gasteiger partial charge in [-0.2, -0.15) is 5.92 Å². The van der Waals surface area contributed by atoms with Gasteiger partial charge in [-0.15, -0.1) is 6.42 Å². The van der Waals surface area contributed by atoms with Crippen LogP contribution in [0.4, 0.5) is 0 Å². The molecule has 0 heterocycles. The molecule has 0 nitrogen and oxygen atoms in total. The molecule has 0 saturated carbocycles. The van der Waals surface area contributed by atoms with Crippen molar-refractivity contribution in [1.29, 1.82) is 0 Å². The molecule has 1 atom stereocenters. The van der Waals surface area contributed by atoms with Crippen molar-refractivity contribution in [1.82, 2.24) is 0 Å². The molecule has 0 spiro atoms. The van der Waals surface area contributed by atoms with Gasteiger partial charge in [0.15, 0.2) is 0 Å². The van der Waals surface area contributed by atoms with Gasteiger partial charge < -0.3 is 33.1 Å². The van der Waals surface area contributed by atoms with E-state index in [2.05, 4.69) is 41.5 Å². The van der Waals surface area contributed by atoms with Crippen molar-refractivity contribution in [3.63, 3.8) is 0 Å². The summed E-state index contributed by atoms with van der Waals surface area (Å²) in [5, 5.41) is 0. The predicted molar refractivity (Wildman–Crippen MR) is 56.0 cm³/mol. The van der Waals surface area contributed by atoms with Crippen LogP contribution in [-0.4, -0.2) is 0 Å². The molecule has 82 valence electrons. The van der Waals surface area contributed by atoms with Crippen LogP contribution in [0.15, 0.2) is 0 Å². The average Bonchev–Trinajstić information content (AvgIpc) is 1.84. The Morgan fingerprint density at radius 1 is 1.14 bits per heavy atom. The quantitative estimate of drug-likeness (QED) is 0.472. The molecule has 2 heteroatoms.